The van der Waals surface area contributed by atoms with Crippen molar-refractivity contribution < 1.29 is 30.0 Å². The number of halogens is 2. The van der Waals surface area contributed by atoms with Crippen molar-refractivity contribution in [1.29, 1.82) is 0 Å². The predicted octanol–water partition coefficient (Wildman–Crippen LogP) is 7.06. The number of phenols is 4. The third-order valence-electron chi connectivity index (χ3n) is 6.17. The van der Waals surface area contributed by atoms with Gasteiger partial charge in [0, 0.05) is 24.0 Å². The van der Waals surface area contributed by atoms with Crippen LogP contribution in [0.5, 0.6) is 23.0 Å². The van der Waals surface area contributed by atoms with E-state index in [1.807, 2.05) is 12.1 Å². The van der Waals surface area contributed by atoms with Crippen molar-refractivity contribution in [2.45, 2.75) is 18.3 Å². The summed E-state index contributed by atoms with van der Waals surface area (Å²) in [7, 11) is 0. The van der Waals surface area contributed by atoms with Crippen molar-refractivity contribution in [2.24, 2.45) is 0 Å². The summed E-state index contributed by atoms with van der Waals surface area (Å²) in [4.78, 5) is 27.7. The van der Waals surface area contributed by atoms with Crippen LogP contribution in [0.4, 0.5) is 0 Å². The maximum absolute atomic E-state index is 13.9. The molecule has 8 heteroatoms. The molecule has 0 saturated carbocycles. The molecular weight excluding hydrogens is 604 g/mol. The van der Waals surface area contributed by atoms with Gasteiger partial charge in [0.15, 0.2) is 11.6 Å². The van der Waals surface area contributed by atoms with Crippen molar-refractivity contribution >= 4 is 43.4 Å². The Bertz CT molecular complexity index is 1340. The largest absolute Gasteiger partial charge is 0.507 e. The summed E-state index contributed by atoms with van der Waals surface area (Å²) in [5.41, 5.74) is 1.27. The van der Waals surface area contributed by atoms with Gasteiger partial charge in [-0.1, -0.05) is 60.7 Å². The Balaban J connectivity index is 1.83. The molecule has 0 heterocycles. The Hall–Kier alpha value is -3.62. The van der Waals surface area contributed by atoms with E-state index in [0.29, 0.717) is 11.1 Å². The van der Waals surface area contributed by atoms with Gasteiger partial charge in [-0.05, 0) is 61.5 Å². The van der Waals surface area contributed by atoms with Gasteiger partial charge in [-0.15, -0.1) is 0 Å². The highest BCUT2D eigenvalue weighted by Crippen LogP contribution is 2.40. The summed E-state index contributed by atoms with van der Waals surface area (Å²) in [5, 5.41) is 40.8. The lowest BCUT2D eigenvalue weighted by atomic mass is 9.78. The Morgan fingerprint density at radius 2 is 0.919 bits per heavy atom. The average Bonchev–Trinajstić information content (AvgIpc) is 2.89. The van der Waals surface area contributed by atoms with Crippen LogP contribution in [-0.2, 0) is 0 Å². The number of aromatic hydroxyl groups is 4. The Morgan fingerprint density at radius 1 is 0.568 bits per heavy atom. The third kappa shape index (κ3) is 5.70. The summed E-state index contributed by atoms with van der Waals surface area (Å²) in [6.07, 6.45) is 0.0293. The number of ketones is 2. The van der Waals surface area contributed by atoms with Crippen LogP contribution in [0, 0.1) is 0 Å². The van der Waals surface area contributed by atoms with Crippen LogP contribution in [0.3, 0.4) is 0 Å². The molecule has 0 aliphatic rings. The fourth-order valence-electron chi connectivity index (χ4n) is 4.27. The maximum Gasteiger partial charge on any atom is 0.174 e. The van der Waals surface area contributed by atoms with Gasteiger partial charge in [0.2, 0.25) is 0 Å². The Kier molecular flexibility index (Phi) is 8.00. The number of rotatable bonds is 8. The van der Waals surface area contributed by atoms with Gasteiger partial charge in [0.1, 0.15) is 23.0 Å². The molecule has 2 unspecified atom stereocenters. The smallest absolute Gasteiger partial charge is 0.174 e. The zero-order chi connectivity index (χ0) is 26.7. The standard InChI is InChI=1S/C29H22Br2O6/c30-22-12-20(24(32)14-26(22)34)28(36)18(16-7-3-1-4-8-16)11-19(17-9-5-2-6-10-17)29(37)21-13-23(31)27(35)15-25(21)33/h1-10,12-15,18-19,32-35H,11H2. The molecule has 0 aliphatic heterocycles. The molecule has 0 saturated heterocycles. The van der Waals surface area contributed by atoms with E-state index in [2.05, 4.69) is 31.9 Å². The summed E-state index contributed by atoms with van der Waals surface area (Å²) >= 11 is 6.39. The zero-order valence-corrected chi connectivity index (χ0v) is 22.5. The number of carbonyl (C=O) groups is 2. The van der Waals surface area contributed by atoms with E-state index in [1.165, 1.54) is 12.1 Å². The highest BCUT2D eigenvalue weighted by molar-refractivity contribution is 9.10. The molecular formula is C29H22Br2O6. The molecule has 188 valence electrons. The fourth-order valence-corrected chi connectivity index (χ4v) is 4.95. The summed E-state index contributed by atoms with van der Waals surface area (Å²) in [5.74, 6) is -3.75. The predicted molar refractivity (Wildman–Crippen MR) is 147 cm³/mol. The first kappa shape index (κ1) is 26.4. The van der Waals surface area contributed by atoms with Crippen LogP contribution >= 0.6 is 31.9 Å². The first-order chi connectivity index (χ1) is 17.7. The minimum absolute atomic E-state index is 0.00647. The van der Waals surface area contributed by atoms with Gasteiger partial charge < -0.3 is 20.4 Å². The highest BCUT2D eigenvalue weighted by Gasteiger charge is 2.33. The van der Waals surface area contributed by atoms with Crippen molar-refractivity contribution in [3.63, 3.8) is 0 Å². The molecule has 6 nitrogen and oxygen atoms in total. The van der Waals surface area contributed by atoms with Crippen molar-refractivity contribution in [3.8, 4) is 23.0 Å². The number of Topliss-reactive ketones (excluding diaryl/α,β-unsaturated/α-hetero) is 2. The molecule has 0 fully saturated rings. The van der Waals surface area contributed by atoms with E-state index in [-0.39, 0.29) is 49.5 Å². The summed E-state index contributed by atoms with van der Waals surface area (Å²) in [6, 6.07) is 22.7. The number of hydrogen-bond acceptors (Lipinski definition) is 6. The first-order valence-electron chi connectivity index (χ1n) is 11.3. The van der Waals surface area contributed by atoms with Crippen LogP contribution < -0.4 is 0 Å². The second-order valence-corrected chi connectivity index (χ2v) is 10.2. The van der Waals surface area contributed by atoms with Crippen molar-refractivity contribution in [3.05, 3.63) is 116 Å². The van der Waals surface area contributed by atoms with E-state index < -0.39 is 23.4 Å². The Morgan fingerprint density at radius 3 is 1.27 bits per heavy atom. The number of benzene rings is 4. The number of phenolic OH excluding ortho intramolecular Hbond substituents is 4. The lowest BCUT2D eigenvalue weighted by Crippen LogP contribution is -2.21. The minimum atomic E-state index is -0.847. The lowest BCUT2D eigenvalue weighted by Gasteiger charge is -2.24. The van der Waals surface area contributed by atoms with Crippen LogP contribution in [0.15, 0.2) is 93.9 Å². The fraction of sp³-hybridized carbons (Fsp3) is 0.103. The quantitative estimate of drug-likeness (QED) is 0.156. The average molecular weight is 626 g/mol. The zero-order valence-electron chi connectivity index (χ0n) is 19.3. The van der Waals surface area contributed by atoms with E-state index in [0.717, 1.165) is 12.1 Å². The van der Waals surface area contributed by atoms with E-state index in [1.54, 1.807) is 48.5 Å². The van der Waals surface area contributed by atoms with Gasteiger partial charge in [-0.25, -0.2) is 0 Å². The van der Waals surface area contributed by atoms with Crippen molar-refractivity contribution in [2.75, 3.05) is 0 Å². The van der Waals surface area contributed by atoms with Crippen molar-refractivity contribution in [1.82, 2.24) is 0 Å². The second kappa shape index (κ2) is 11.2. The monoisotopic (exact) mass is 624 g/mol. The second-order valence-electron chi connectivity index (χ2n) is 8.53. The topological polar surface area (TPSA) is 115 Å². The van der Waals surface area contributed by atoms with E-state index >= 15 is 0 Å². The van der Waals surface area contributed by atoms with Gasteiger partial charge >= 0.3 is 0 Å². The lowest BCUT2D eigenvalue weighted by molar-refractivity contribution is 0.0916. The molecule has 4 aromatic carbocycles. The first-order valence-corrected chi connectivity index (χ1v) is 12.9. The van der Waals surface area contributed by atoms with E-state index in [9.17, 15) is 30.0 Å². The van der Waals surface area contributed by atoms with Crippen LogP contribution in [0.25, 0.3) is 0 Å². The normalized spacial score (nSPS) is 12.6. The van der Waals surface area contributed by atoms with Crippen LogP contribution in [-0.4, -0.2) is 32.0 Å². The van der Waals surface area contributed by atoms with Gasteiger partial charge in [0.05, 0.1) is 20.1 Å². The molecule has 0 spiro atoms. The van der Waals surface area contributed by atoms with Crippen LogP contribution in [0.2, 0.25) is 0 Å². The molecule has 0 aromatic heterocycles. The van der Waals surface area contributed by atoms with Gasteiger partial charge in [-0.2, -0.15) is 0 Å². The molecule has 4 N–H and O–H groups in total. The third-order valence-corrected chi connectivity index (χ3v) is 7.44. The maximum atomic E-state index is 13.9. The molecule has 0 aliphatic carbocycles. The highest BCUT2D eigenvalue weighted by atomic mass is 79.9. The Labute approximate surface area is 230 Å². The van der Waals surface area contributed by atoms with Crippen LogP contribution in [0.1, 0.15) is 50.1 Å². The minimum Gasteiger partial charge on any atom is -0.507 e. The van der Waals surface area contributed by atoms with E-state index in [4.69, 9.17) is 0 Å². The molecule has 0 bridgehead atoms. The van der Waals surface area contributed by atoms with Gasteiger partial charge in [-0.3, -0.25) is 9.59 Å². The summed E-state index contributed by atoms with van der Waals surface area (Å²) in [6.45, 7) is 0. The molecule has 4 rings (SSSR count). The number of hydrogen-bond donors (Lipinski definition) is 4. The molecule has 4 aromatic rings. The molecule has 0 radical (unpaired) electrons. The molecule has 2 atom stereocenters. The molecule has 0 amide bonds. The molecule has 37 heavy (non-hydrogen) atoms. The number of carbonyl (C=O) groups excluding carboxylic acids is 2. The van der Waals surface area contributed by atoms with Gasteiger partial charge in [0.25, 0.3) is 0 Å². The SMILES string of the molecule is O=C(c1cc(Br)c(O)cc1O)C(CC(C(=O)c1cc(Br)c(O)cc1O)c1ccccc1)c1ccccc1. The summed E-state index contributed by atoms with van der Waals surface area (Å²) < 4.78 is 0.491.